The lowest BCUT2D eigenvalue weighted by Gasteiger charge is -2.17. The number of hydrogen-bond acceptors (Lipinski definition) is 5. The summed E-state index contributed by atoms with van der Waals surface area (Å²) in [6, 6.07) is 6.05. The third kappa shape index (κ3) is 3.84. The number of aliphatic hydroxyl groups excluding tert-OH is 2. The van der Waals surface area contributed by atoms with Crippen LogP contribution in [-0.2, 0) is 4.79 Å². The smallest absolute Gasteiger partial charge is 0.185 e. The summed E-state index contributed by atoms with van der Waals surface area (Å²) < 4.78 is 0. The molecule has 0 spiro atoms. The largest absolute Gasteiger partial charge is 0.508 e. The molecule has 0 bridgehead atoms. The van der Waals surface area contributed by atoms with Gasteiger partial charge in [-0.1, -0.05) is 23.9 Å². The van der Waals surface area contributed by atoms with E-state index in [-0.39, 0.29) is 16.6 Å². The first-order valence-electron chi connectivity index (χ1n) is 4.79. The monoisotopic (exact) mass is 242 g/mol. The Kier molecular flexibility index (Phi) is 4.79. The SMILES string of the molecule is CC(=O)SCC(O)C(O)c1cccc(O)c1. The molecule has 0 aliphatic rings. The van der Waals surface area contributed by atoms with Crippen molar-refractivity contribution >= 4 is 16.9 Å². The predicted octanol–water partition coefficient (Wildman–Crippen LogP) is 1.07. The Bertz CT molecular complexity index is 367. The van der Waals surface area contributed by atoms with E-state index in [2.05, 4.69) is 0 Å². The molecular weight excluding hydrogens is 228 g/mol. The van der Waals surface area contributed by atoms with E-state index in [0.29, 0.717) is 5.56 Å². The van der Waals surface area contributed by atoms with Crippen molar-refractivity contribution in [1.82, 2.24) is 0 Å². The van der Waals surface area contributed by atoms with Crippen molar-refractivity contribution in [3.8, 4) is 5.75 Å². The van der Waals surface area contributed by atoms with Crippen LogP contribution in [0.25, 0.3) is 0 Å². The summed E-state index contributed by atoms with van der Waals surface area (Å²) in [6.07, 6.45) is -2.13. The Morgan fingerprint density at radius 3 is 2.69 bits per heavy atom. The standard InChI is InChI=1S/C11H14O4S/c1-7(12)16-6-10(14)11(15)8-3-2-4-9(13)5-8/h2-5,10-11,13-15H,6H2,1H3. The highest BCUT2D eigenvalue weighted by Crippen LogP contribution is 2.22. The molecular formula is C11H14O4S. The van der Waals surface area contributed by atoms with E-state index in [1.54, 1.807) is 12.1 Å². The minimum absolute atomic E-state index is 0.0305. The summed E-state index contributed by atoms with van der Waals surface area (Å²) in [4.78, 5) is 10.7. The van der Waals surface area contributed by atoms with Crippen LogP contribution in [0.15, 0.2) is 24.3 Å². The molecule has 1 aromatic carbocycles. The van der Waals surface area contributed by atoms with Crippen LogP contribution in [0.4, 0.5) is 0 Å². The zero-order valence-electron chi connectivity index (χ0n) is 8.83. The molecule has 0 aromatic heterocycles. The van der Waals surface area contributed by atoms with E-state index in [1.807, 2.05) is 0 Å². The van der Waals surface area contributed by atoms with E-state index in [4.69, 9.17) is 0 Å². The molecule has 2 unspecified atom stereocenters. The average Bonchev–Trinajstić information content (AvgIpc) is 2.24. The van der Waals surface area contributed by atoms with Gasteiger partial charge in [0.25, 0.3) is 0 Å². The number of hydrogen-bond donors (Lipinski definition) is 3. The third-order valence-electron chi connectivity index (χ3n) is 2.03. The molecule has 5 heteroatoms. The molecule has 0 radical (unpaired) electrons. The molecule has 0 saturated carbocycles. The number of thioether (sulfide) groups is 1. The maximum absolute atomic E-state index is 10.7. The van der Waals surface area contributed by atoms with Crippen LogP contribution in [0.5, 0.6) is 5.75 Å². The molecule has 1 rings (SSSR count). The van der Waals surface area contributed by atoms with Gasteiger partial charge in [-0.25, -0.2) is 0 Å². The van der Waals surface area contributed by atoms with Gasteiger partial charge in [0.05, 0.1) is 6.10 Å². The number of aromatic hydroxyl groups is 1. The maximum atomic E-state index is 10.7. The lowest BCUT2D eigenvalue weighted by molar-refractivity contribution is -0.109. The van der Waals surface area contributed by atoms with E-state index < -0.39 is 12.2 Å². The topological polar surface area (TPSA) is 77.8 Å². The van der Waals surface area contributed by atoms with Crippen molar-refractivity contribution in [2.75, 3.05) is 5.75 Å². The summed E-state index contributed by atoms with van der Waals surface area (Å²) in [7, 11) is 0. The molecule has 0 aliphatic carbocycles. The summed E-state index contributed by atoms with van der Waals surface area (Å²) >= 11 is 0.955. The minimum atomic E-state index is -1.10. The zero-order chi connectivity index (χ0) is 12.1. The molecule has 1 aromatic rings. The molecule has 0 aliphatic heterocycles. The normalized spacial score (nSPS) is 14.4. The van der Waals surface area contributed by atoms with Gasteiger partial charge in [-0.05, 0) is 17.7 Å². The second-order valence-corrected chi connectivity index (χ2v) is 4.61. The van der Waals surface area contributed by atoms with Crippen LogP contribution in [-0.4, -0.2) is 32.3 Å². The number of rotatable bonds is 4. The van der Waals surface area contributed by atoms with Gasteiger partial charge < -0.3 is 15.3 Å². The molecule has 0 saturated heterocycles. The Labute approximate surface area is 97.9 Å². The number of phenolic OH excluding ortho intramolecular Hbond substituents is 1. The van der Waals surface area contributed by atoms with Crippen molar-refractivity contribution in [1.29, 1.82) is 0 Å². The lowest BCUT2D eigenvalue weighted by Crippen LogP contribution is -2.21. The fourth-order valence-corrected chi connectivity index (χ4v) is 1.81. The van der Waals surface area contributed by atoms with Crippen molar-refractivity contribution in [3.05, 3.63) is 29.8 Å². The Morgan fingerprint density at radius 1 is 1.44 bits per heavy atom. The summed E-state index contributed by atoms with van der Waals surface area (Å²) in [5.41, 5.74) is 0.427. The van der Waals surface area contributed by atoms with Gasteiger partial charge in [0.15, 0.2) is 5.12 Å². The summed E-state index contributed by atoms with van der Waals surface area (Å²) in [5.74, 6) is 0.162. The number of benzene rings is 1. The molecule has 16 heavy (non-hydrogen) atoms. The van der Waals surface area contributed by atoms with Crippen LogP contribution in [0, 0.1) is 0 Å². The highest BCUT2D eigenvalue weighted by Gasteiger charge is 2.19. The molecule has 4 nitrogen and oxygen atoms in total. The van der Waals surface area contributed by atoms with Crippen molar-refractivity contribution in [3.63, 3.8) is 0 Å². The second-order valence-electron chi connectivity index (χ2n) is 3.41. The first-order valence-corrected chi connectivity index (χ1v) is 5.77. The molecule has 0 amide bonds. The number of aliphatic hydroxyl groups is 2. The zero-order valence-corrected chi connectivity index (χ0v) is 9.65. The fraction of sp³-hybridized carbons (Fsp3) is 0.364. The number of phenols is 1. The second kappa shape index (κ2) is 5.89. The van der Waals surface area contributed by atoms with Gasteiger partial charge in [0, 0.05) is 12.7 Å². The van der Waals surface area contributed by atoms with Crippen LogP contribution in [0.2, 0.25) is 0 Å². The lowest BCUT2D eigenvalue weighted by atomic mass is 10.1. The maximum Gasteiger partial charge on any atom is 0.185 e. The van der Waals surface area contributed by atoms with E-state index in [1.165, 1.54) is 19.1 Å². The van der Waals surface area contributed by atoms with Gasteiger partial charge in [0.1, 0.15) is 11.9 Å². The minimum Gasteiger partial charge on any atom is -0.508 e. The van der Waals surface area contributed by atoms with Crippen molar-refractivity contribution in [2.24, 2.45) is 0 Å². The Morgan fingerprint density at radius 2 is 2.12 bits per heavy atom. The van der Waals surface area contributed by atoms with Gasteiger partial charge in [-0.2, -0.15) is 0 Å². The van der Waals surface area contributed by atoms with Crippen LogP contribution < -0.4 is 0 Å². The Balaban J connectivity index is 2.62. The van der Waals surface area contributed by atoms with Gasteiger partial charge in [-0.15, -0.1) is 0 Å². The quantitative estimate of drug-likeness (QED) is 0.736. The van der Waals surface area contributed by atoms with Gasteiger partial charge in [-0.3, -0.25) is 4.79 Å². The Hall–Kier alpha value is -1.04. The first-order chi connectivity index (χ1) is 7.50. The third-order valence-corrected chi connectivity index (χ3v) is 2.95. The van der Waals surface area contributed by atoms with Crippen LogP contribution in [0.1, 0.15) is 18.6 Å². The highest BCUT2D eigenvalue weighted by molar-refractivity contribution is 8.13. The summed E-state index contributed by atoms with van der Waals surface area (Å²) in [5, 5.41) is 28.4. The highest BCUT2D eigenvalue weighted by atomic mass is 32.2. The molecule has 3 N–H and O–H groups in total. The fourth-order valence-electron chi connectivity index (χ4n) is 1.22. The van der Waals surface area contributed by atoms with Gasteiger partial charge in [0.2, 0.25) is 0 Å². The van der Waals surface area contributed by atoms with Crippen molar-refractivity contribution in [2.45, 2.75) is 19.1 Å². The van der Waals surface area contributed by atoms with Crippen LogP contribution in [0.3, 0.4) is 0 Å². The molecule has 0 fully saturated rings. The summed E-state index contributed by atoms with van der Waals surface area (Å²) in [6.45, 7) is 1.40. The number of carbonyl (C=O) groups is 1. The van der Waals surface area contributed by atoms with Crippen molar-refractivity contribution < 1.29 is 20.1 Å². The number of carbonyl (C=O) groups excluding carboxylic acids is 1. The van der Waals surface area contributed by atoms with E-state index >= 15 is 0 Å². The molecule has 0 heterocycles. The van der Waals surface area contributed by atoms with E-state index in [9.17, 15) is 20.1 Å². The predicted molar refractivity (Wildman–Crippen MR) is 62.2 cm³/mol. The first kappa shape index (κ1) is 13.0. The van der Waals surface area contributed by atoms with Crippen LogP contribution >= 0.6 is 11.8 Å². The molecule has 2 atom stereocenters. The molecule has 88 valence electrons. The average molecular weight is 242 g/mol. The van der Waals surface area contributed by atoms with E-state index in [0.717, 1.165) is 11.8 Å². The van der Waals surface area contributed by atoms with Gasteiger partial charge >= 0.3 is 0 Å².